The van der Waals surface area contributed by atoms with Crippen LogP contribution in [0.15, 0.2) is 60.7 Å². The second kappa shape index (κ2) is 12.5. The van der Waals surface area contributed by atoms with Gasteiger partial charge in [-0.3, -0.25) is 10.1 Å². The Labute approximate surface area is 182 Å². The Morgan fingerprint density at radius 2 is 1.70 bits per heavy atom. The van der Waals surface area contributed by atoms with Gasteiger partial charge in [0.1, 0.15) is 6.61 Å². The number of thiocarbonyl (C=S) groups is 1. The molecule has 0 saturated heterocycles. The summed E-state index contributed by atoms with van der Waals surface area (Å²) in [5.74, 6) is -0.694. The number of esters is 1. The molecule has 0 aliphatic rings. The van der Waals surface area contributed by atoms with E-state index >= 15 is 0 Å². The Bertz CT molecular complexity index is 863. The molecule has 1 amide bonds. The van der Waals surface area contributed by atoms with Crippen molar-refractivity contribution < 1.29 is 14.3 Å². The van der Waals surface area contributed by atoms with Crippen molar-refractivity contribution >= 4 is 41.0 Å². The van der Waals surface area contributed by atoms with E-state index in [1.54, 1.807) is 30.3 Å². The molecule has 0 unspecified atom stereocenters. The first kappa shape index (κ1) is 23.3. The van der Waals surface area contributed by atoms with E-state index < -0.39 is 0 Å². The largest absolute Gasteiger partial charge is 0.461 e. The van der Waals surface area contributed by atoms with Crippen molar-refractivity contribution in [2.75, 3.05) is 31.6 Å². The van der Waals surface area contributed by atoms with Crippen LogP contribution in [0.1, 0.15) is 29.8 Å². The molecule has 0 saturated carbocycles. The Balaban J connectivity index is 1.79. The lowest BCUT2D eigenvalue weighted by Gasteiger charge is -2.17. The van der Waals surface area contributed by atoms with E-state index in [2.05, 4.69) is 29.4 Å². The lowest BCUT2D eigenvalue weighted by molar-refractivity contribution is -0.115. The zero-order chi connectivity index (χ0) is 21.8. The Morgan fingerprint density at radius 3 is 2.33 bits per heavy atom. The molecule has 7 heteroatoms. The summed E-state index contributed by atoms with van der Waals surface area (Å²) in [6.45, 7) is 7.06. The Kier molecular flexibility index (Phi) is 9.70. The highest BCUT2D eigenvalue weighted by atomic mass is 32.1. The first-order chi connectivity index (χ1) is 14.5. The average Bonchev–Trinajstić information content (AvgIpc) is 2.76. The van der Waals surface area contributed by atoms with E-state index in [0.29, 0.717) is 24.4 Å². The van der Waals surface area contributed by atoms with Crippen molar-refractivity contribution in [1.82, 2.24) is 10.2 Å². The normalized spacial score (nSPS) is 10.8. The minimum Gasteiger partial charge on any atom is -0.461 e. The van der Waals surface area contributed by atoms with Crippen molar-refractivity contribution in [3.05, 3.63) is 71.8 Å². The smallest absolute Gasteiger partial charge is 0.338 e. The zero-order valence-corrected chi connectivity index (χ0v) is 18.1. The summed E-state index contributed by atoms with van der Waals surface area (Å²) in [4.78, 5) is 26.3. The molecule has 0 aromatic heterocycles. The number of carbonyl (C=O) groups excluding carboxylic acids is 2. The molecule has 0 bridgehead atoms. The van der Waals surface area contributed by atoms with Gasteiger partial charge in [-0.1, -0.05) is 44.2 Å². The van der Waals surface area contributed by atoms with Gasteiger partial charge in [0, 0.05) is 18.3 Å². The van der Waals surface area contributed by atoms with Gasteiger partial charge in [-0.2, -0.15) is 0 Å². The topological polar surface area (TPSA) is 70.7 Å². The van der Waals surface area contributed by atoms with Crippen LogP contribution in [-0.2, 0) is 9.53 Å². The summed E-state index contributed by atoms with van der Waals surface area (Å²) < 4.78 is 5.31. The fourth-order valence-electron chi connectivity index (χ4n) is 2.63. The Morgan fingerprint density at radius 1 is 1.03 bits per heavy atom. The van der Waals surface area contributed by atoms with Gasteiger partial charge >= 0.3 is 5.97 Å². The van der Waals surface area contributed by atoms with Crippen molar-refractivity contribution in [1.29, 1.82) is 0 Å². The number of nitrogens with one attached hydrogen (secondary N) is 2. The van der Waals surface area contributed by atoms with Gasteiger partial charge in [0.25, 0.3) is 0 Å². The van der Waals surface area contributed by atoms with E-state index in [-0.39, 0.29) is 17.0 Å². The fraction of sp³-hybridized carbons (Fsp3) is 0.261. The summed E-state index contributed by atoms with van der Waals surface area (Å²) in [6.07, 6.45) is 3.12. The van der Waals surface area contributed by atoms with E-state index in [1.165, 1.54) is 6.08 Å². The summed E-state index contributed by atoms with van der Waals surface area (Å²) in [6, 6.07) is 16.2. The highest BCUT2D eigenvalue weighted by Gasteiger charge is 2.09. The average molecular weight is 426 g/mol. The van der Waals surface area contributed by atoms with Gasteiger partial charge in [-0.15, -0.1) is 0 Å². The molecule has 2 N–H and O–H groups in total. The van der Waals surface area contributed by atoms with Crippen LogP contribution in [0.4, 0.5) is 5.69 Å². The minimum absolute atomic E-state index is 0.173. The molecule has 0 fully saturated rings. The number of ether oxygens (including phenoxy) is 1. The predicted octanol–water partition coefficient (Wildman–Crippen LogP) is 3.71. The number of carbonyl (C=O) groups is 2. The molecule has 30 heavy (non-hydrogen) atoms. The molecular formula is C23H27N3O3S. The first-order valence-electron chi connectivity index (χ1n) is 9.86. The lowest BCUT2D eigenvalue weighted by atomic mass is 10.2. The highest BCUT2D eigenvalue weighted by molar-refractivity contribution is 7.80. The second-order valence-electron chi connectivity index (χ2n) is 6.43. The number of nitrogens with zero attached hydrogens (tertiary/aromatic N) is 1. The number of anilines is 1. The van der Waals surface area contributed by atoms with E-state index in [4.69, 9.17) is 17.0 Å². The number of amides is 1. The number of likely N-dealkylation sites (N-methyl/N-ethyl adjacent to an activating group) is 1. The minimum atomic E-state index is -0.365. The third kappa shape index (κ3) is 8.14. The maximum atomic E-state index is 12.1. The van der Waals surface area contributed by atoms with Crippen LogP contribution >= 0.6 is 12.2 Å². The molecule has 2 aromatic carbocycles. The van der Waals surface area contributed by atoms with Gasteiger partial charge < -0.3 is 15.0 Å². The van der Waals surface area contributed by atoms with Crippen molar-refractivity contribution in [2.45, 2.75) is 13.8 Å². The number of rotatable bonds is 9. The van der Waals surface area contributed by atoms with Crippen LogP contribution in [0.2, 0.25) is 0 Å². The molecule has 2 aromatic rings. The summed E-state index contributed by atoms with van der Waals surface area (Å²) >= 11 is 5.16. The first-order valence-corrected chi connectivity index (χ1v) is 10.3. The number of hydrogen-bond acceptors (Lipinski definition) is 5. The van der Waals surface area contributed by atoms with E-state index in [9.17, 15) is 9.59 Å². The van der Waals surface area contributed by atoms with Crippen LogP contribution in [0.3, 0.4) is 0 Å². The monoisotopic (exact) mass is 425 g/mol. The SMILES string of the molecule is CCN(CC)CCOC(=O)c1ccc(NC(=S)NC(=O)C=Cc2ccccc2)cc1. The van der Waals surface area contributed by atoms with Crippen LogP contribution in [0, 0.1) is 0 Å². The molecule has 2 rings (SSSR count). The van der Waals surface area contributed by atoms with Crippen molar-refractivity contribution in [2.24, 2.45) is 0 Å². The molecule has 0 aliphatic heterocycles. The molecule has 0 aliphatic carbocycles. The lowest BCUT2D eigenvalue weighted by Crippen LogP contribution is -2.32. The fourth-order valence-corrected chi connectivity index (χ4v) is 2.85. The van der Waals surface area contributed by atoms with Crippen molar-refractivity contribution in [3.63, 3.8) is 0 Å². The molecule has 0 heterocycles. The van der Waals surface area contributed by atoms with Crippen LogP contribution in [0.25, 0.3) is 6.08 Å². The van der Waals surface area contributed by atoms with Crippen molar-refractivity contribution in [3.8, 4) is 0 Å². The van der Waals surface area contributed by atoms with E-state index in [1.807, 2.05) is 30.3 Å². The summed E-state index contributed by atoms with van der Waals surface area (Å²) in [7, 11) is 0. The maximum Gasteiger partial charge on any atom is 0.338 e. The van der Waals surface area contributed by atoms with Gasteiger partial charge in [0.15, 0.2) is 5.11 Å². The van der Waals surface area contributed by atoms with Gasteiger partial charge in [-0.25, -0.2) is 4.79 Å². The number of hydrogen-bond donors (Lipinski definition) is 2. The van der Waals surface area contributed by atoms with Gasteiger partial charge in [0.2, 0.25) is 5.91 Å². The van der Waals surface area contributed by atoms with Gasteiger partial charge in [-0.05, 0) is 61.2 Å². The zero-order valence-electron chi connectivity index (χ0n) is 17.3. The summed E-state index contributed by atoms with van der Waals surface area (Å²) in [5.41, 5.74) is 2.04. The molecule has 6 nitrogen and oxygen atoms in total. The molecule has 0 atom stereocenters. The third-order valence-corrected chi connectivity index (χ3v) is 4.58. The van der Waals surface area contributed by atoms with Gasteiger partial charge in [0.05, 0.1) is 5.56 Å². The maximum absolute atomic E-state index is 12.1. The van der Waals surface area contributed by atoms with Crippen LogP contribution in [0.5, 0.6) is 0 Å². The second-order valence-corrected chi connectivity index (χ2v) is 6.84. The molecule has 158 valence electrons. The highest BCUT2D eigenvalue weighted by Crippen LogP contribution is 2.11. The van der Waals surface area contributed by atoms with Crippen LogP contribution in [-0.4, -0.2) is 48.1 Å². The third-order valence-electron chi connectivity index (χ3n) is 4.38. The standard InChI is InChI=1S/C23H27N3O3S/c1-3-26(4-2)16-17-29-22(28)19-11-13-20(14-12-19)24-23(30)25-21(27)15-10-18-8-6-5-7-9-18/h5-15H,3-4,16-17H2,1-2H3,(H2,24,25,27,30). The molecular weight excluding hydrogens is 398 g/mol. The quantitative estimate of drug-likeness (QED) is 0.363. The number of benzene rings is 2. The molecule has 0 radical (unpaired) electrons. The van der Waals surface area contributed by atoms with E-state index in [0.717, 1.165) is 18.7 Å². The summed E-state index contributed by atoms with van der Waals surface area (Å²) in [5, 5.41) is 5.67. The predicted molar refractivity (Wildman–Crippen MR) is 124 cm³/mol. The molecule has 0 spiro atoms. The van der Waals surface area contributed by atoms with Crippen LogP contribution < -0.4 is 10.6 Å². The Hall–Kier alpha value is -3.03.